The largest absolute Gasteiger partial charge is 0.300 e. The number of fused-ring (bicyclic) bond motifs is 1. The van der Waals surface area contributed by atoms with E-state index in [4.69, 9.17) is 0 Å². The number of anilines is 1. The van der Waals surface area contributed by atoms with E-state index in [2.05, 4.69) is 15.9 Å². The summed E-state index contributed by atoms with van der Waals surface area (Å²) in [5.41, 5.74) is 2.14. The van der Waals surface area contributed by atoms with Gasteiger partial charge in [0, 0.05) is 4.47 Å². The molecule has 3 rings (SSSR count). The molecule has 2 aromatic rings. The molecule has 2 aromatic carbocycles. The molecule has 3 nitrogen and oxygen atoms in total. The standard InChI is InChI=1S/C16H11BrFNO2/c1-9-6-12(18)7-13-14(9)19(16(21)15(13)20)8-10-2-4-11(17)5-3-10/h2-7H,8H2,1H3. The van der Waals surface area contributed by atoms with Gasteiger partial charge in [-0.3, -0.25) is 9.59 Å². The number of aryl methyl sites for hydroxylation is 1. The highest BCUT2D eigenvalue weighted by Crippen LogP contribution is 2.34. The maximum atomic E-state index is 13.4. The summed E-state index contributed by atoms with van der Waals surface area (Å²) >= 11 is 3.35. The average molecular weight is 348 g/mol. The molecule has 5 heteroatoms. The van der Waals surface area contributed by atoms with Gasteiger partial charge < -0.3 is 4.90 Å². The lowest BCUT2D eigenvalue weighted by atomic mass is 10.1. The molecule has 0 aromatic heterocycles. The van der Waals surface area contributed by atoms with Crippen molar-refractivity contribution in [2.45, 2.75) is 13.5 Å². The van der Waals surface area contributed by atoms with Gasteiger partial charge in [-0.1, -0.05) is 28.1 Å². The minimum absolute atomic E-state index is 0.148. The molecule has 106 valence electrons. The van der Waals surface area contributed by atoms with Crippen LogP contribution in [0.5, 0.6) is 0 Å². The van der Waals surface area contributed by atoms with Crippen LogP contribution >= 0.6 is 15.9 Å². The molecule has 1 aliphatic heterocycles. The van der Waals surface area contributed by atoms with E-state index < -0.39 is 17.5 Å². The highest BCUT2D eigenvalue weighted by Gasteiger charge is 2.37. The van der Waals surface area contributed by atoms with Gasteiger partial charge in [0.25, 0.3) is 11.7 Å². The summed E-state index contributed by atoms with van der Waals surface area (Å²) in [6.07, 6.45) is 0. The monoisotopic (exact) mass is 347 g/mol. The van der Waals surface area contributed by atoms with Gasteiger partial charge >= 0.3 is 0 Å². The number of ketones is 1. The van der Waals surface area contributed by atoms with Crippen LogP contribution in [0.4, 0.5) is 10.1 Å². The van der Waals surface area contributed by atoms with Crippen LogP contribution in [-0.4, -0.2) is 11.7 Å². The fourth-order valence-corrected chi connectivity index (χ4v) is 2.79. The Labute approximate surface area is 129 Å². The second-order valence-corrected chi connectivity index (χ2v) is 5.88. The number of rotatable bonds is 2. The first-order chi connectivity index (χ1) is 9.97. The van der Waals surface area contributed by atoms with Crippen LogP contribution in [0.25, 0.3) is 0 Å². The van der Waals surface area contributed by atoms with Crippen molar-refractivity contribution in [1.29, 1.82) is 0 Å². The Morgan fingerprint density at radius 3 is 2.48 bits per heavy atom. The predicted octanol–water partition coefficient (Wildman–Crippen LogP) is 3.63. The van der Waals surface area contributed by atoms with Crippen molar-refractivity contribution in [3.8, 4) is 0 Å². The molecule has 0 bridgehead atoms. The molecule has 0 atom stereocenters. The molecule has 0 N–H and O–H groups in total. The number of Topliss-reactive ketones (excluding diaryl/α,β-unsaturated/α-hetero) is 1. The van der Waals surface area contributed by atoms with Gasteiger partial charge in [0.15, 0.2) is 0 Å². The Bertz CT molecular complexity index is 756. The number of carbonyl (C=O) groups excluding carboxylic acids is 2. The third kappa shape index (κ3) is 2.38. The smallest absolute Gasteiger partial charge is 0.299 e. The van der Waals surface area contributed by atoms with Crippen LogP contribution in [0, 0.1) is 12.7 Å². The van der Waals surface area contributed by atoms with Gasteiger partial charge in [-0.2, -0.15) is 0 Å². The van der Waals surface area contributed by atoms with Gasteiger partial charge in [0.1, 0.15) is 5.82 Å². The number of benzene rings is 2. The number of hydrogen-bond acceptors (Lipinski definition) is 2. The van der Waals surface area contributed by atoms with Crippen molar-refractivity contribution < 1.29 is 14.0 Å². The van der Waals surface area contributed by atoms with Crippen molar-refractivity contribution in [2.75, 3.05) is 4.90 Å². The van der Waals surface area contributed by atoms with Crippen LogP contribution in [0.15, 0.2) is 40.9 Å². The molecular formula is C16H11BrFNO2. The molecule has 0 aliphatic carbocycles. The van der Waals surface area contributed by atoms with E-state index in [9.17, 15) is 14.0 Å². The molecule has 1 amide bonds. The number of halogens is 2. The third-order valence-corrected chi connectivity index (χ3v) is 4.00. The van der Waals surface area contributed by atoms with Crippen LogP contribution in [0.2, 0.25) is 0 Å². The quantitative estimate of drug-likeness (QED) is 0.778. The SMILES string of the molecule is Cc1cc(F)cc2c1N(Cc1ccc(Br)cc1)C(=O)C2=O. The van der Waals surface area contributed by atoms with Crippen LogP contribution < -0.4 is 4.90 Å². The molecule has 21 heavy (non-hydrogen) atoms. The Morgan fingerprint density at radius 1 is 1.14 bits per heavy atom. The lowest BCUT2D eigenvalue weighted by Gasteiger charge is -2.18. The number of carbonyl (C=O) groups is 2. The van der Waals surface area contributed by atoms with Gasteiger partial charge in [0.2, 0.25) is 0 Å². The summed E-state index contributed by atoms with van der Waals surface area (Å²) in [6, 6.07) is 9.95. The first-order valence-corrected chi connectivity index (χ1v) is 7.17. The number of nitrogens with zero attached hydrogens (tertiary/aromatic N) is 1. The number of hydrogen-bond donors (Lipinski definition) is 0. The molecule has 0 spiro atoms. The summed E-state index contributed by atoms with van der Waals surface area (Å²) in [7, 11) is 0. The normalized spacial score (nSPS) is 13.8. The Kier molecular flexibility index (Phi) is 3.37. The van der Waals surface area contributed by atoms with E-state index in [0.717, 1.165) is 16.1 Å². The second-order valence-electron chi connectivity index (χ2n) is 4.97. The highest BCUT2D eigenvalue weighted by atomic mass is 79.9. The van der Waals surface area contributed by atoms with E-state index in [1.807, 2.05) is 24.3 Å². The molecule has 0 saturated heterocycles. The summed E-state index contributed by atoms with van der Waals surface area (Å²) in [6.45, 7) is 1.99. The predicted molar refractivity (Wildman–Crippen MR) is 80.8 cm³/mol. The highest BCUT2D eigenvalue weighted by molar-refractivity contribution is 9.10. The van der Waals surface area contributed by atoms with Gasteiger partial charge in [-0.05, 0) is 42.3 Å². The molecule has 0 radical (unpaired) electrons. The van der Waals surface area contributed by atoms with Crippen molar-refractivity contribution in [3.05, 3.63) is 63.4 Å². The van der Waals surface area contributed by atoms with Crippen molar-refractivity contribution in [2.24, 2.45) is 0 Å². The molecule has 1 heterocycles. The van der Waals surface area contributed by atoms with Gasteiger partial charge in [0.05, 0.1) is 17.8 Å². The molecule has 0 saturated carbocycles. The summed E-state index contributed by atoms with van der Waals surface area (Å²) in [5.74, 6) is -1.76. The van der Waals surface area contributed by atoms with Crippen LogP contribution in [0.3, 0.4) is 0 Å². The average Bonchev–Trinajstić information content (AvgIpc) is 2.67. The van der Waals surface area contributed by atoms with Crippen LogP contribution in [0.1, 0.15) is 21.5 Å². The van der Waals surface area contributed by atoms with E-state index in [1.54, 1.807) is 6.92 Å². The van der Waals surface area contributed by atoms with E-state index in [1.165, 1.54) is 11.0 Å². The topological polar surface area (TPSA) is 37.4 Å². The van der Waals surface area contributed by atoms with Crippen molar-refractivity contribution in [1.82, 2.24) is 0 Å². The minimum Gasteiger partial charge on any atom is -0.300 e. The lowest BCUT2D eigenvalue weighted by molar-refractivity contribution is -0.114. The molecule has 0 fully saturated rings. The summed E-state index contributed by atoms with van der Waals surface area (Å²) in [5, 5.41) is 0. The molecule has 0 unspecified atom stereocenters. The van der Waals surface area contributed by atoms with Crippen molar-refractivity contribution >= 4 is 33.3 Å². The summed E-state index contributed by atoms with van der Waals surface area (Å²) in [4.78, 5) is 25.5. The first kappa shape index (κ1) is 13.9. The van der Waals surface area contributed by atoms with E-state index in [0.29, 0.717) is 11.3 Å². The zero-order valence-electron chi connectivity index (χ0n) is 11.2. The molecule has 1 aliphatic rings. The Balaban J connectivity index is 2.03. The van der Waals surface area contributed by atoms with Crippen LogP contribution in [-0.2, 0) is 11.3 Å². The Morgan fingerprint density at radius 2 is 1.81 bits per heavy atom. The van der Waals surface area contributed by atoms with E-state index >= 15 is 0 Å². The zero-order valence-corrected chi connectivity index (χ0v) is 12.8. The summed E-state index contributed by atoms with van der Waals surface area (Å²) < 4.78 is 14.4. The maximum absolute atomic E-state index is 13.4. The number of amides is 1. The fourth-order valence-electron chi connectivity index (χ4n) is 2.53. The third-order valence-electron chi connectivity index (χ3n) is 3.47. The second kappa shape index (κ2) is 5.07. The van der Waals surface area contributed by atoms with E-state index in [-0.39, 0.29) is 12.1 Å². The van der Waals surface area contributed by atoms with Gasteiger partial charge in [-0.15, -0.1) is 0 Å². The minimum atomic E-state index is -0.648. The zero-order chi connectivity index (χ0) is 15.1. The molecular weight excluding hydrogens is 337 g/mol. The first-order valence-electron chi connectivity index (χ1n) is 6.38. The van der Waals surface area contributed by atoms with Gasteiger partial charge in [-0.25, -0.2) is 4.39 Å². The maximum Gasteiger partial charge on any atom is 0.299 e. The van der Waals surface area contributed by atoms with Crippen molar-refractivity contribution in [3.63, 3.8) is 0 Å². The fraction of sp³-hybridized carbons (Fsp3) is 0.125. The Hall–Kier alpha value is -2.01. The lowest BCUT2D eigenvalue weighted by Crippen LogP contribution is -2.29.